The van der Waals surface area contributed by atoms with E-state index in [1.54, 1.807) is 22.5 Å². The summed E-state index contributed by atoms with van der Waals surface area (Å²) in [6.07, 6.45) is 3.92. The second kappa shape index (κ2) is 10.1. The Labute approximate surface area is 176 Å². The third-order valence-electron chi connectivity index (χ3n) is 4.83. The quantitative estimate of drug-likeness (QED) is 0.719. The van der Waals surface area contributed by atoms with Gasteiger partial charge in [-0.05, 0) is 48.7 Å². The van der Waals surface area contributed by atoms with Gasteiger partial charge in [0.2, 0.25) is 10.0 Å². The van der Waals surface area contributed by atoms with Crippen LogP contribution in [0.15, 0.2) is 53.4 Å². The maximum atomic E-state index is 12.8. The SMILES string of the molecule is O=C(COc1ccc(S(=O)(=O)N2CCCCCC2)cc1)NCc1ccccc1Cl. The summed E-state index contributed by atoms with van der Waals surface area (Å²) in [6, 6.07) is 13.5. The highest BCUT2D eigenvalue weighted by atomic mass is 35.5. The molecule has 8 heteroatoms. The standard InChI is InChI=1S/C21H25ClN2O4S/c22-20-8-4-3-7-17(20)15-23-21(25)16-28-18-9-11-19(12-10-18)29(26,27)24-13-5-1-2-6-14-24/h3-4,7-12H,1-2,5-6,13-16H2,(H,23,25). The number of halogens is 1. The molecule has 6 nitrogen and oxygen atoms in total. The number of nitrogens with zero attached hydrogens (tertiary/aromatic N) is 1. The summed E-state index contributed by atoms with van der Waals surface area (Å²) in [5, 5.41) is 3.34. The second-order valence-electron chi connectivity index (χ2n) is 6.95. The number of hydrogen-bond donors (Lipinski definition) is 1. The fraction of sp³-hybridized carbons (Fsp3) is 0.381. The van der Waals surface area contributed by atoms with Gasteiger partial charge in [0.15, 0.2) is 6.61 Å². The Morgan fingerprint density at radius 3 is 2.31 bits per heavy atom. The molecular formula is C21H25ClN2O4S. The minimum atomic E-state index is -3.49. The zero-order valence-corrected chi connectivity index (χ0v) is 17.7. The molecule has 156 valence electrons. The Morgan fingerprint density at radius 2 is 1.66 bits per heavy atom. The first-order valence-corrected chi connectivity index (χ1v) is 11.5. The van der Waals surface area contributed by atoms with Crippen molar-refractivity contribution in [2.24, 2.45) is 0 Å². The maximum Gasteiger partial charge on any atom is 0.258 e. The molecule has 29 heavy (non-hydrogen) atoms. The summed E-state index contributed by atoms with van der Waals surface area (Å²) in [6.45, 7) is 1.27. The monoisotopic (exact) mass is 436 g/mol. The lowest BCUT2D eigenvalue weighted by molar-refractivity contribution is -0.123. The first-order valence-electron chi connectivity index (χ1n) is 9.70. The van der Waals surface area contributed by atoms with Crippen LogP contribution >= 0.6 is 11.6 Å². The van der Waals surface area contributed by atoms with Crippen LogP contribution < -0.4 is 10.1 Å². The molecule has 1 saturated heterocycles. The Balaban J connectivity index is 1.52. The smallest absolute Gasteiger partial charge is 0.258 e. The van der Waals surface area contributed by atoms with Crippen LogP contribution in [0.4, 0.5) is 0 Å². The number of ether oxygens (including phenoxy) is 1. The van der Waals surface area contributed by atoms with Crippen LogP contribution in [-0.4, -0.2) is 38.3 Å². The molecule has 1 N–H and O–H groups in total. The molecule has 1 aliphatic heterocycles. The average Bonchev–Trinajstić information content (AvgIpc) is 3.02. The van der Waals surface area contributed by atoms with E-state index >= 15 is 0 Å². The van der Waals surface area contributed by atoms with E-state index in [0.717, 1.165) is 31.2 Å². The van der Waals surface area contributed by atoms with E-state index in [1.165, 1.54) is 12.1 Å². The van der Waals surface area contributed by atoms with Gasteiger partial charge in [-0.15, -0.1) is 0 Å². The number of hydrogen-bond acceptors (Lipinski definition) is 4. The molecule has 0 atom stereocenters. The van der Waals surface area contributed by atoms with Crippen molar-refractivity contribution >= 4 is 27.5 Å². The predicted octanol–water partition coefficient (Wildman–Crippen LogP) is 3.60. The average molecular weight is 437 g/mol. The number of carbonyl (C=O) groups is 1. The van der Waals surface area contributed by atoms with Crippen LogP contribution in [0.5, 0.6) is 5.75 Å². The van der Waals surface area contributed by atoms with E-state index in [0.29, 0.717) is 30.4 Å². The Hall–Kier alpha value is -2.09. The number of sulfonamides is 1. The van der Waals surface area contributed by atoms with Crippen molar-refractivity contribution < 1.29 is 17.9 Å². The molecule has 0 radical (unpaired) electrons. The lowest BCUT2D eigenvalue weighted by Gasteiger charge is -2.20. The summed E-state index contributed by atoms with van der Waals surface area (Å²) in [5.74, 6) is 0.152. The number of amides is 1. The fourth-order valence-electron chi connectivity index (χ4n) is 3.17. The van der Waals surface area contributed by atoms with Gasteiger partial charge in [-0.3, -0.25) is 4.79 Å². The van der Waals surface area contributed by atoms with Crippen LogP contribution in [0, 0.1) is 0 Å². The van der Waals surface area contributed by atoms with Crippen molar-refractivity contribution in [3.8, 4) is 5.75 Å². The third kappa shape index (κ3) is 5.95. The van der Waals surface area contributed by atoms with Crippen molar-refractivity contribution in [2.75, 3.05) is 19.7 Å². The molecule has 0 aromatic heterocycles. The highest BCUT2D eigenvalue weighted by Crippen LogP contribution is 2.22. The Bertz CT molecular complexity index is 924. The molecule has 2 aromatic carbocycles. The molecule has 0 saturated carbocycles. The molecular weight excluding hydrogens is 412 g/mol. The van der Waals surface area contributed by atoms with Crippen molar-refractivity contribution in [3.63, 3.8) is 0 Å². The van der Waals surface area contributed by atoms with Crippen molar-refractivity contribution in [2.45, 2.75) is 37.1 Å². The number of rotatable bonds is 7. The highest BCUT2D eigenvalue weighted by Gasteiger charge is 2.25. The minimum absolute atomic E-state index is 0.164. The normalized spacial score (nSPS) is 15.5. The molecule has 0 unspecified atom stereocenters. The van der Waals surface area contributed by atoms with E-state index in [4.69, 9.17) is 16.3 Å². The molecule has 1 fully saturated rings. The fourth-order valence-corrected chi connectivity index (χ4v) is 4.89. The Morgan fingerprint density at radius 1 is 1.00 bits per heavy atom. The van der Waals surface area contributed by atoms with Gasteiger partial charge in [-0.1, -0.05) is 42.6 Å². The van der Waals surface area contributed by atoms with Gasteiger partial charge >= 0.3 is 0 Å². The molecule has 3 rings (SSSR count). The molecule has 0 bridgehead atoms. The first-order chi connectivity index (χ1) is 14.0. The molecule has 2 aromatic rings. The van der Waals surface area contributed by atoms with Gasteiger partial charge in [0, 0.05) is 24.7 Å². The lowest BCUT2D eigenvalue weighted by atomic mass is 10.2. The zero-order valence-electron chi connectivity index (χ0n) is 16.1. The van der Waals surface area contributed by atoms with Crippen LogP contribution in [0.25, 0.3) is 0 Å². The van der Waals surface area contributed by atoms with E-state index in [1.807, 2.05) is 18.2 Å². The molecule has 1 heterocycles. The number of nitrogens with one attached hydrogen (secondary N) is 1. The van der Waals surface area contributed by atoms with Crippen molar-refractivity contribution in [1.29, 1.82) is 0 Å². The van der Waals surface area contributed by atoms with Gasteiger partial charge in [0.25, 0.3) is 5.91 Å². The van der Waals surface area contributed by atoms with Gasteiger partial charge in [0.05, 0.1) is 4.90 Å². The number of benzene rings is 2. The third-order valence-corrected chi connectivity index (χ3v) is 7.11. The van der Waals surface area contributed by atoms with Gasteiger partial charge in [-0.25, -0.2) is 8.42 Å². The summed E-state index contributed by atoms with van der Waals surface area (Å²) >= 11 is 6.06. The maximum absolute atomic E-state index is 12.8. The van der Waals surface area contributed by atoms with Crippen LogP contribution in [0.3, 0.4) is 0 Å². The summed E-state index contributed by atoms with van der Waals surface area (Å²) in [5.41, 5.74) is 0.825. The minimum Gasteiger partial charge on any atom is -0.484 e. The van der Waals surface area contributed by atoms with Crippen molar-refractivity contribution in [1.82, 2.24) is 9.62 Å². The van der Waals surface area contributed by atoms with Gasteiger partial charge < -0.3 is 10.1 Å². The molecule has 0 aliphatic carbocycles. The highest BCUT2D eigenvalue weighted by molar-refractivity contribution is 7.89. The van der Waals surface area contributed by atoms with Gasteiger partial charge in [-0.2, -0.15) is 4.31 Å². The topological polar surface area (TPSA) is 75.7 Å². The van der Waals surface area contributed by atoms with E-state index < -0.39 is 10.0 Å². The molecule has 1 amide bonds. The Kier molecular flexibility index (Phi) is 7.52. The van der Waals surface area contributed by atoms with Crippen molar-refractivity contribution in [3.05, 3.63) is 59.1 Å². The van der Waals surface area contributed by atoms with Crippen LogP contribution in [0.2, 0.25) is 5.02 Å². The predicted molar refractivity (Wildman–Crippen MR) is 112 cm³/mol. The second-order valence-corrected chi connectivity index (χ2v) is 9.29. The summed E-state index contributed by atoms with van der Waals surface area (Å²) < 4.78 is 32.6. The van der Waals surface area contributed by atoms with E-state index in [2.05, 4.69) is 5.32 Å². The zero-order chi connectivity index (χ0) is 20.7. The van der Waals surface area contributed by atoms with Crippen LogP contribution in [-0.2, 0) is 21.4 Å². The summed E-state index contributed by atoms with van der Waals surface area (Å²) in [4.78, 5) is 12.2. The molecule has 0 spiro atoms. The summed E-state index contributed by atoms with van der Waals surface area (Å²) in [7, 11) is -3.49. The van der Waals surface area contributed by atoms with E-state index in [9.17, 15) is 13.2 Å². The molecule has 1 aliphatic rings. The lowest BCUT2D eigenvalue weighted by Crippen LogP contribution is -2.31. The first kappa shape index (κ1) is 21.6. The largest absolute Gasteiger partial charge is 0.484 e. The van der Waals surface area contributed by atoms with E-state index in [-0.39, 0.29) is 17.4 Å². The van der Waals surface area contributed by atoms with Gasteiger partial charge in [0.1, 0.15) is 5.75 Å². The van der Waals surface area contributed by atoms with Crippen LogP contribution in [0.1, 0.15) is 31.2 Å². The number of carbonyl (C=O) groups excluding carboxylic acids is 1.